The lowest BCUT2D eigenvalue weighted by Gasteiger charge is -2.06. The van der Waals surface area contributed by atoms with Gasteiger partial charge in [0.25, 0.3) is 0 Å². The van der Waals surface area contributed by atoms with Gasteiger partial charge in [-0.2, -0.15) is 5.10 Å². The van der Waals surface area contributed by atoms with Crippen molar-refractivity contribution in [3.63, 3.8) is 0 Å². The summed E-state index contributed by atoms with van der Waals surface area (Å²) in [5.74, 6) is 0.696. The summed E-state index contributed by atoms with van der Waals surface area (Å²) in [6, 6.07) is 13.2. The zero-order valence-corrected chi connectivity index (χ0v) is 14.9. The number of nitrogens with one attached hydrogen (secondary N) is 1. The topological polar surface area (TPSA) is 41.5 Å². The van der Waals surface area contributed by atoms with Crippen LogP contribution in [0, 0.1) is 6.92 Å². The van der Waals surface area contributed by atoms with E-state index in [1.54, 1.807) is 24.4 Å². The fourth-order valence-corrected chi connectivity index (χ4v) is 3.34. The molecule has 0 aromatic heterocycles. The van der Waals surface area contributed by atoms with Gasteiger partial charge in [-0.25, -0.2) is 5.43 Å². The zero-order valence-electron chi connectivity index (χ0n) is 12.6. The van der Waals surface area contributed by atoms with E-state index in [1.807, 2.05) is 31.2 Å². The molecule has 0 aliphatic carbocycles. The molecule has 0 aliphatic heterocycles. The number of rotatable bonds is 6. The number of carbonyl (C=O) groups is 1. The fraction of sp³-hybridized carbons (Fsp3) is 0.176. The second kappa shape index (κ2) is 8.96. The molecule has 0 heterocycles. The molecule has 6 heteroatoms. The van der Waals surface area contributed by atoms with E-state index in [0.29, 0.717) is 15.8 Å². The van der Waals surface area contributed by atoms with Crippen LogP contribution >= 0.6 is 35.0 Å². The molecule has 23 heavy (non-hydrogen) atoms. The molecule has 0 spiro atoms. The summed E-state index contributed by atoms with van der Waals surface area (Å²) in [7, 11) is 0. The van der Waals surface area contributed by atoms with Crippen LogP contribution in [0.25, 0.3) is 0 Å². The molecule has 1 N–H and O–H groups in total. The molecule has 0 radical (unpaired) electrons. The molecule has 3 nitrogen and oxygen atoms in total. The minimum atomic E-state index is -0.165. The first-order chi connectivity index (χ1) is 11.1. The van der Waals surface area contributed by atoms with Crippen LogP contribution in [0.5, 0.6) is 0 Å². The van der Waals surface area contributed by atoms with Gasteiger partial charge < -0.3 is 0 Å². The number of carbonyl (C=O) groups excluding carboxylic acids is 1. The molecule has 120 valence electrons. The maximum atomic E-state index is 11.7. The monoisotopic (exact) mass is 366 g/mol. The molecule has 0 aliphatic rings. The highest BCUT2D eigenvalue weighted by molar-refractivity contribution is 7.99. The quantitative estimate of drug-likeness (QED) is 0.595. The first-order valence-electron chi connectivity index (χ1n) is 6.95. The molecule has 0 saturated carbocycles. The molecule has 0 atom stereocenters. The smallest absolute Gasteiger partial charge is 0.250 e. The Balaban J connectivity index is 1.76. The summed E-state index contributed by atoms with van der Waals surface area (Å²) in [5.41, 5.74) is 5.47. The third-order valence-electron chi connectivity index (χ3n) is 3.02. The van der Waals surface area contributed by atoms with Crippen molar-refractivity contribution in [1.29, 1.82) is 0 Å². The van der Waals surface area contributed by atoms with Crippen LogP contribution in [0.1, 0.15) is 16.7 Å². The second-order valence-corrected chi connectivity index (χ2v) is 6.70. The van der Waals surface area contributed by atoms with Gasteiger partial charge in [0.1, 0.15) is 0 Å². The number of thioether (sulfide) groups is 1. The number of hydrogen-bond donors (Lipinski definition) is 1. The van der Waals surface area contributed by atoms with Gasteiger partial charge in [-0.05, 0) is 30.2 Å². The van der Waals surface area contributed by atoms with Crippen LogP contribution in [0.2, 0.25) is 10.0 Å². The standard InChI is InChI=1S/C17H16Cl2N2OS/c1-12-5-7-13(8-6-12)9-20-21-17(22)11-23-10-14-15(18)3-2-4-16(14)19/h2-9H,10-11H2,1H3,(H,21,22)/b20-9-. The maximum Gasteiger partial charge on any atom is 0.250 e. The van der Waals surface area contributed by atoms with Gasteiger partial charge in [-0.1, -0.05) is 59.1 Å². The van der Waals surface area contributed by atoms with Gasteiger partial charge in [0.2, 0.25) is 5.91 Å². The molecule has 0 fully saturated rings. The van der Waals surface area contributed by atoms with Crippen molar-refractivity contribution in [3.05, 3.63) is 69.2 Å². The van der Waals surface area contributed by atoms with E-state index in [-0.39, 0.29) is 11.7 Å². The third kappa shape index (κ3) is 5.90. The first-order valence-corrected chi connectivity index (χ1v) is 8.86. The van der Waals surface area contributed by atoms with Crippen molar-refractivity contribution in [2.75, 3.05) is 5.75 Å². The van der Waals surface area contributed by atoms with Crippen LogP contribution in [0.4, 0.5) is 0 Å². The summed E-state index contributed by atoms with van der Waals surface area (Å²) in [6.45, 7) is 2.02. The van der Waals surface area contributed by atoms with Crippen LogP contribution in [-0.4, -0.2) is 17.9 Å². The number of aryl methyl sites for hydroxylation is 1. The average molecular weight is 367 g/mol. The van der Waals surface area contributed by atoms with Gasteiger partial charge in [0.05, 0.1) is 12.0 Å². The highest BCUT2D eigenvalue weighted by Crippen LogP contribution is 2.27. The second-order valence-electron chi connectivity index (χ2n) is 4.90. The van der Waals surface area contributed by atoms with Gasteiger partial charge in [0.15, 0.2) is 0 Å². The number of amides is 1. The zero-order chi connectivity index (χ0) is 16.7. The van der Waals surface area contributed by atoms with Crippen LogP contribution in [0.15, 0.2) is 47.6 Å². The SMILES string of the molecule is Cc1ccc(/C=N\NC(=O)CSCc2c(Cl)cccc2Cl)cc1. The molecular weight excluding hydrogens is 351 g/mol. The normalized spacial score (nSPS) is 10.9. The van der Waals surface area contributed by atoms with E-state index >= 15 is 0 Å². The number of benzene rings is 2. The van der Waals surface area contributed by atoms with Gasteiger partial charge in [-0.3, -0.25) is 4.79 Å². The number of nitrogens with zero attached hydrogens (tertiary/aromatic N) is 1. The predicted octanol–water partition coefficient (Wildman–Crippen LogP) is 4.69. The van der Waals surface area contributed by atoms with Crippen molar-refractivity contribution >= 4 is 47.1 Å². The Morgan fingerprint density at radius 1 is 1.17 bits per heavy atom. The van der Waals surface area contributed by atoms with Crippen LogP contribution in [0.3, 0.4) is 0 Å². The van der Waals surface area contributed by atoms with E-state index in [0.717, 1.165) is 11.1 Å². The number of halogens is 2. The molecule has 0 unspecified atom stereocenters. The van der Waals surface area contributed by atoms with E-state index in [2.05, 4.69) is 10.5 Å². The summed E-state index contributed by atoms with van der Waals surface area (Å²) >= 11 is 13.6. The van der Waals surface area contributed by atoms with E-state index in [1.165, 1.54) is 17.3 Å². The first kappa shape index (κ1) is 17.9. The molecule has 0 bridgehead atoms. The van der Waals surface area contributed by atoms with Crippen molar-refractivity contribution < 1.29 is 4.79 Å². The summed E-state index contributed by atoms with van der Waals surface area (Å²) < 4.78 is 0. The summed E-state index contributed by atoms with van der Waals surface area (Å²) in [6.07, 6.45) is 1.62. The van der Waals surface area contributed by atoms with Crippen molar-refractivity contribution in [1.82, 2.24) is 5.43 Å². The average Bonchev–Trinajstić information content (AvgIpc) is 2.52. The van der Waals surface area contributed by atoms with E-state index in [4.69, 9.17) is 23.2 Å². The van der Waals surface area contributed by atoms with Crippen molar-refractivity contribution in [3.8, 4) is 0 Å². The lowest BCUT2D eigenvalue weighted by atomic mass is 10.2. The van der Waals surface area contributed by atoms with Gasteiger partial charge in [-0.15, -0.1) is 11.8 Å². The Bertz CT molecular complexity index is 682. The fourth-order valence-electron chi connectivity index (χ4n) is 1.78. The number of hydrogen-bond acceptors (Lipinski definition) is 3. The largest absolute Gasteiger partial charge is 0.272 e. The Hall–Kier alpha value is -1.49. The Morgan fingerprint density at radius 2 is 1.83 bits per heavy atom. The molecule has 2 aromatic rings. The highest BCUT2D eigenvalue weighted by Gasteiger charge is 2.07. The van der Waals surface area contributed by atoms with Gasteiger partial charge in [0, 0.05) is 15.8 Å². The Labute approximate surface area is 150 Å². The highest BCUT2D eigenvalue weighted by atomic mass is 35.5. The van der Waals surface area contributed by atoms with Crippen molar-refractivity contribution in [2.24, 2.45) is 5.10 Å². The summed E-state index contributed by atoms with van der Waals surface area (Å²) in [4.78, 5) is 11.7. The molecule has 2 rings (SSSR count). The van der Waals surface area contributed by atoms with Crippen molar-refractivity contribution in [2.45, 2.75) is 12.7 Å². The lowest BCUT2D eigenvalue weighted by Crippen LogP contribution is -2.19. The minimum Gasteiger partial charge on any atom is -0.272 e. The molecule has 1 amide bonds. The maximum absolute atomic E-state index is 11.7. The lowest BCUT2D eigenvalue weighted by molar-refractivity contribution is -0.118. The van der Waals surface area contributed by atoms with Crippen LogP contribution in [-0.2, 0) is 10.5 Å². The number of hydrazone groups is 1. The predicted molar refractivity (Wildman–Crippen MR) is 99.5 cm³/mol. The van der Waals surface area contributed by atoms with Crippen LogP contribution < -0.4 is 5.43 Å². The van der Waals surface area contributed by atoms with E-state index < -0.39 is 0 Å². The Kier molecular flexibility index (Phi) is 6.96. The molecular formula is C17H16Cl2N2OS. The molecule has 0 saturated heterocycles. The third-order valence-corrected chi connectivity index (χ3v) is 4.69. The molecule has 2 aromatic carbocycles. The minimum absolute atomic E-state index is 0.165. The van der Waals surface area contributed by atoms with E-state index in [9.17, 15) is 4.79 Å². The van der Waals surface area contributed by atoms with Gasteiger partial charge >= 0.3 is 0 Å². The Morgan fingerprint density at radius 3 is 2.48 bits per heavy atom. The summed E-state index contributed by atoms with van der Waals surface area (Å²) in [5, 5.41) is 5.17.